The Hall–Kier alpha value is -3.47. The standard InChI is InChI=1S/C21H14Cl2N4O3/c1-30-19(28)16-10-27(13-5-2-11(22)3-6-13)18(25)15(9-24)21(16)14-8-12(23)4-7-17(14)26-20(21)29/h2-8,10H,25H2,1H3,(H,26,29). The lowest BCUT2D eigenvalue weighted by Crippen LogP contribution is -2.47. The molecule has 9 heteroatoms. The van der Waals surface area contributed by atoms with Crippen molar-refractivity contribution in [3.63, 3.8) is 0 Å². The molecule has 0 saturated heterocycles. The zero-order valence-electron chi connectivity index (χ0n) is 15.6. The van der Waals surface area contributed by atoms with Gasteiger partial charge in [-0.05, 0) is 42.5 Å². The number of anilines is 2. The third-order valence-electron chi connectivity index (χ3n) is 5.15. The maximum atomic E-state index is 13.3. The second-order valence-electron chi connectivity index (χ2n) is 6.65. The van der Waals surface area contributed by atoms with Gasteiger partial charge < -0.3 is 20.7 Å². The maximum Gasteiger partial charge on any atom is 0.337 e. The number of benzene rings is 2. The van der Waals surface area contributed by atoms with Crippen LogP contribution in [-0.4, -0.2) is 19.0 Å². The van der Waals surface area contributed by atoms with E-state index in [1.54, 1.807) is 36.4 Å². The molecule has 0 fully saturated rings. The van der Waals surface area contributed by atoms with Crippen LogP contribution in [0.4, 0.5) is 11.4 Å². The zero-order valence-corrected chi connectivity index (χ0v) is 17.1. The number of nitrogens with one attached hydrogen (secondary N) is 1. The van der Waals surface area contributed by atoms with Crippen LogP contribution in [-0.2, 0) is 19.7 Å². The summed E-state index contributed by atoms with van der Waals surface area (Å²) in [5.74, 6) is -1.38. The Bertz CT molecular complexity index is 1200. The van der Waals surface area contributed by atoms with E-state index in [-0.39, 0.29) is 17.0 Å². The number of ether oxygens (including phenoxy) is 1. The molecule has 1 amide bonds. The van der Waals surface area contributed by atoms with Crippen molar-refractivity contribution in [2.45, 2.75) is 5.41 Å². The van der Waals surface area contributed by atoms with Crippen molar-refractivity contribution in [3.05, 3.63) is 81.2 Å². The van der Waals surface area contributed by atoms with E-state index in [1.807, 2.05) is 6.07 Å². The number of esters is 1. The Kier molecular flexibility index (Phi) is 4.69. The van der Waals surface area contributed by atoms with Crippen molar-refractivity contribution in [2.24, 2.45) is 5.73 Å². The molecule has 1 spiro atoms. The highest BCUT2D eigenvalue weighted by molar-refractivity contribution is 6.31. The summed E-state index contributed by atoms with van der Waals surface area (Å²) in [6, 6.07) is 13.4. The van der Waals surface area contributed by atoms with E-state index in [9.17, 15) is 14.9 Å². The molecule has 3 N–H and O–H groups in total. The van der Waals surface area contributed by atoms with Crippen LogP contribution in [0.15, 0.2) is 65.6 Å². The number of nitriles is 1. The summed E-state index contributed by atoms with van der Waals surface area (Å²) < 4.78 is 4.96. The Morgan fingerprint density at radius 1 is 1.20 bits per heavy atom. The Balaban J connectivity index is 2.05. The Labute approximate surface area is 181 Å². The Morgan fingerprint density at radius 2 is 1.87 bits per heavy atom. The van der Waals surface area contributed by atoms with Crippen molar-refractivity contribution >= 4 is 46.5 Å². The van der Waals surface area contributed by atoms with Crippen molar-refractivity contribution in [1.82, 2.24) is 0 Å². The number of nitrogens with two attached hydrogens (primary N) is 1. The molecule has 2 aromatic rings. The molecule has 0 aromatic heterocycles. The number of hydrogen-bond acceptors (Lipinski definition) is 6. The number of hydrogen-bond donors (Lipinski definition) is 2. The average molecular weight is 441 g/mol. The Morgan fingerprint density at radius 3 is 2.50 bits per heavy atom. The van der Waals surface area contributed by atoms with E-state index in [0.29, 0.717) is 27.0 Å². The lowest BCUT2D eigenvalue weighted by molar-refractivity contribution is -0.138. The summed E-state index contributed by atoms with van der Waals surface area (Å²) in [5, 5.41) is 13.6. The quantitative estimate of drug-likeness (QED) is 0.692. The third-order valence-corrected chi connectivity index (χ3v) is 5.64. The number of amides is 1. The first kappa shape index (κ1) is 19.8. The molecule has 0 radical (unpaired) electrons. The number of nitrogens with zero attached hydrogens (tertiary/aromatic N) is 2. The summed E-state index contributed by atoms with van der Waals surface area (Å²) in [4.78, 5) is 27.6. The fourth-order valence-corrected chi connectivity index (χ4v) is 4.10. The first-order chi connectivity index (χ1) is 14.3. The van der Waals surface area contributed by atoms with Crippen molar-refractivity contribution in [3.8, 4) is 6.07 Å². The molecule has 0 aliphatic carbocycles. The molecule has 2 aliphatic heterocycles. The second-order valence-corrected chi connectivity index (χ2v) is 7.52. The first-order valence-electron chi connectivity index (χ1n) is 8.71. The van der Waals surface area contributed by atoms with Gasteiger partial charge >= 0.3 is 5.97 Å². The molecular formula is C21H14Cl2N4O3. The minimum atomic E-state index is -1.78. The third kappa shape index (κ3) is 2.65. The summed E-state index contributed by atoms with van der Waals surface area (Å²) in [6.45, 7) is 0. The molecular weight excluding hydrogens is 427 g/mol. The van der Waals surface area contributed by atoms with Gasteiger partial charge in [-0.25, -0.2) is 4.79 Å². The molecule has 7 nitrogen and oxygen atoms in total. The molecule has 1 atom stereocenters. The summed E-state index contributed by atoms with van der Waals surface area (Å²) in [7, 11) is 1.20. The second kappa shape index (κ2) is 7.10. The van der Waals surface area contributed by atoms with Gasteiger partial charge in [-0.2, -0.15) is 5.26 Å². The van der Waals surface area contributed by atoms with Crippen LogP contribution in [0.1, 0.15) is 5.56 Å². The number of carbonyl (C=O) groups excluding carboxylic acids is 2. The van der Waals surface area contributed by atoms with Crippen LogP contribution < -0.4 is 16.0 Å². The molecule has 4 rings (SSSR count). The normalized spacial score (nSPS) is 19.9. The van der Waals surface area contributed by atoms with Gasteiger partial charge in [0, 0.05) is 33.2 Å². The van der Waals surface area contributed by atoms with E-state index < -0.39 is 17.3 Å². The van der Waals surface area contributed by atoms with E-state index in [0.717, 1.165) is 0 Å². The lowest BCUT2D eigenvalue weighted by Gasteiger charge is -2.37. The smallest absolute Gasteiger partial charge is 0.337 e. The highest BCUT2D eigenvalue weighted by Gasteiger charge is 2.58. The van der Waals surface area contributed by atoms with Gasteiger partial charge in [0.15, 0.2) is 0 Å². The maximum absolute atomic E-state index is 13.3. The predicted octanol–water partition coefficient (Wildman–Crippen LogP) is 3.45. The first-order valence-corrected chi connectivity index (χ1v) is 9.47. The molecule has 30 heavy (non-hydrogen) atoms. The number of halogens is 2. The van der Waals surface area contributed by atoms with Crippen LogP contribution in [0.5, 0.6) is 0 Å². The van der Waals surface area contributed by atoms with Crippen molar-refractivity contribution < 1.29 is 14.3 Å². The largest absolute Gasteiger partial charge is 0.466 e. The van der Waals surface area contributed by atoms with Gasteiger partial charge in [0.1, 0.15) is 17.3 Å². The number of fused-ring (bicyclic) bond motifs is 2. The van der Waals surface area contributed by atoms with E-state index in [1.165, 1.54) is 24.3 Å². The van der Waals surface area contributed by atoms with Crippen LogP contribution in [0, 0.1) is 11.3 Å². The van der Waals surface area contributed by atoms with Crippen LogP contribution in [0.2, 0.25) is 10.0 Å². The van der Waals surface area contributed by atoms with E-state index in [4.69, 9.17) is 33.7 Å². The van der Waals surface area contributed by atoms with Gasteiger partial charge in [-0.15, -0.1) is 0 Å². The number of rotatable bonds is 2. The van der Waals surface area contributed by atoms with Crippen LogP contribution >= 0.6 is 23.2 Å². The number of methoxy groups -OCH3 is 1. The molecule has 2 aliphatic rings. The molecule has 0 bridgehead atoms. The van der Waals surface area contributed by atoms with Gasteiger partial charge in [-0.1, -0.05) is 23.2 Å². The lowest BCUT2D eigenvalue weighted by atomic mass is 9.68. The van der Waals surface area contributed by atoms with E-state index in [2.05, 4.69) is 5.32 Å². The number of carbonyl (C=O) groups is 2. The van der Waals surface area contributed by atoms with Gasteiger partial charge in [0.2, 0.25) is 5.91 Å². The topological polar surface area (TPSA) is 108 Å². The minimum absolute atomic E-state index is 0.00421. The van der Waals surface area contributed by atoms with Gasteiger partial charge in [0.25, 0.3) is 0 Å². The fourth-order valence-electron chi connectivity index (χ4n) is 3.80. The summed E-state index contributed by atoms with van der Waals surface area (Å²) >= 11 is 12.1. The molecule has 150 valence electrons. The fraction of sp³-hybridized carbons (Fsp3) is 0.0952. The highest BCUT2D eigenvalue weighted by atomic mass is 35.5. The highest BCUT2D eigenvalue weighted by Crippen LogP contribution is 2.52. The molecule has 2 heterocycles. The van der Waals surface area contributed by atoms with Crippen LogP contribution in [0.3, 0.4) is 0 Å². The summed E-state index contributed by atoms with van der Waals surface area (Å²) in [6.07, 6.45) is 1.40. The molecule has 0 saturated carbocycles. The predicted molar refractivity (Wildman–Crippen MR) is 113 cm³/mol. The van der Waals surface area contributed by atoms with E-state index >= 15 is 0 Å². The van der Waals surface area contributed by atoms with Gasteiger partial charge in [-0.3, -0.25) is 4.79 Å². The van der Waals surface area contributed by atoms with Crippen molar-refractivity contribution in [2.75, 3.05) is 17.3 Å². The van der Waals surface area contributed by atoms with Crippen LogP contribution in [0.25, 0.3) is 0 Å². The molecule has 1 unspecified atom stereocenters. The molecule has 2 aromatic carbocycles. The summed E-state index contributed by atoms with van der Waals surface area (Å²) in [5.41, 5.74) is 5.73. The van der Waals surface area contributed by atoms with Crippen molar-refractivity contribution in [1.29, 1.82) is 5.26 Å². The minimum Gasteiger partial charge on any atom is -0.466 e. The average Bonchev–Trinajstić information content (AvgIpc) is 3.01. The monoisotopic (exact) mass is 440 g/mol. The van der Waals surface area contributed by atoms with Gasteiger partial charge in [0.05, 0.1) is 18.3 Å². The zero-order chi connectivity index (χ0) is 21.6. The SMILES string of the molecule is COC(=O)C1=CN(c2ccc(Cl)cc2)C(N)=C(C#N)C12C(=O)Nc1ccc(Cl)cc12.